The summed E-state index contributed by atoms with van der Waals surface area (Å²) >= 11 is 0. The van der Waals surface area contributed by atoms with Crippen molar-refractivity contribution in [2.45, 2.75) is 19.3 Å². The molecule has 0 spiro atoms. The Hall–Kier alpha value is -2.57. The summed E-state index contributed by atoms with van der Waals surface area (Å²) in [6.07, 6.45) is 1.89. The van der Waals surface area contributed by atoms with Crippen molar-refractivity contribution in [2.75, 3.05) is 44.7 Å². The zero-order valence-electron chi connectivity index (χ0n) is 15.1. The molecule has 2 aliphatic rings. The molecule has 2 heterocycles. The quantitative estimate of drug-likeness (QED) is 0.842. The van der Waals surface area contributed by atoms with Crippen molar-refractivity contribution in [1.82, 2.24) is 9.80 Å². The lowest BCUT2D eigenvalue weighted by molar-refractivity contribution is -0.146. The molecule has 2 aliphatic heterocycles. The zero-order chi connectivity index (χ0) is 18.7. The highest BCUT2D eigenvalue weighted by molar-refractivity contribution is 5.87. The highest BCUT2D eigenvalue weighted by atomic mass is 16.4. The van der Waals surface area contributed by atoms with Gasteiger partial charge in [-0.2, -0.15) is 0 Å². The van der Waals surface area contributed by atoms with E-state index in [9.17, 15) is 14.4 Å². The number of para-hydroxylation sites is 1. The number of benzene rings is 1. The van der Waals surface area contributed by atoms with E-state index in [1.165, 1.54) is 10.5 Å². The Kier molecular flexibility index (Phi) is 5.44. The normalized spacial score (nSPS) is 17.1. The van der Waals surface area contributed by atoms with E-state index in [0.717, 1.165) is 18.7 Å². The van der Waals surface area contributed by atoms with Crippen LogP contribution in [0.15, 0.2) is 24.3 Å². The number of anilines is 1. The van der Waals surface area contributed by atoms with E-state index in [2.05, 4.69) is 11.0 Å². The average Bonchev–Trinajstić information content (AvgIpc) is 3.04. The van der Waals surface area contributed by atoms with Gasteiger partial charge in [-0.3, -0.25) is 14.4 Å². The molecule has 0 aromatic heterocycles. The predicted octanol–water partition coefficient (Wildman–Crippen LogP) is 0.831. The van der Waals surface area contributed by atoms with Crippen LogP contribution in [0.25, 0.3) is 0 Å². The number of carbonyl (C=O) groups excluding carboxylic acids is 2. The van der Waals surface area contributed by atoms with Crippen molar-refractivity contribution >= 4 is 23.5 Å². The van der Waals surface area contributed by atoms with Crippen LogP contribution in [0.3, 0.4) is 0 Å². The number of amides is 2. The number of likely N-dealkylation sites (N-methyl/N-ethyl adjacent to an activating group) is 1. The van der Waals surface area contributed by atoms with Crippen LogP contribution >= 0.6 is 0 Å². The van der Waals surface area contributed by atoms with Gasteiger partial charge in [0, 0.05) is 32.4 Å². The summed E-state index contributed by atoms with van der Waals surface area (Å²) in [7, 11) is 1.65. The molecule has 0 atom stereocenters. The van der Waals surface area contributed by atoms with E-state index in [1.807, 2.05) is 18.2 Å². The number of fused-ring (bicyclic) bond motifs is 1. The van der Waals surface area contributed by atoms with E-state index >= 15 is 0 Å². The van der Waals surface area contributed by atoms with E-state index < -0.39 is 5.97 Å². The first-order valence-electron chi connectivity index (χ1n) is 9.03. The predicted molar refractivity (Wildman–Crippen MR) is 96.9 cm³/mol. The Morgan fingerprint density at radius 3 is 2.54 bits per heavy atom. The molecule has 0 bridgehead atoms. The minimum Gasteiger partial charge on any atom is -0.481 e. The molecule has 1 N–H and O–H groups in total. The van der Waals surface area contributed by atoms with Gasteiger partial charge in [-0.15, -0.1) is 0 Å². The second-order valence-corrected chi connectivity index (χ2v) is 7.04. The number of carboxylic acids is 1. The fraction of sp³-hybridized carbons (Fsp3) is 0.526. The van der Waals surface area contributed by atoms with Crippen LogP contribution in [-0.2, 0) is 20.8 Å². The number of piperidine rings is 1. The molecule has 2 amide bonds. The smallest absolute Gasteiger partial charge is 0.306 e. The van der Waals surface area contributed by atoms with Gasteiger partial charge >= 0.3 is 5.97 Å². The molecule has 3 rings (SSSR count). The lowest BCUT2D eigenvalue weighted by Crippen LogP contribution is -2.47. The van der Waals surface area contributed by atoms with Crippen molar-refractivity contribution in [2.24, 2.45) is 5.92 Å². The molecule has 7 nitrogen and oxygen atoms in total. The maximum absolute atomic E-state index is 12.5. The van der Waals surface area contributed by atoms with Gasteiger partial charge in [0.25, 0.3) is 0 Å². The molecule has 26 heavy (non-hydrogen) atoms. The van der Waals surface area contributed by atoms with Gasteiger partial charge < -0.3 is 19.8 Å². The summed E-state index contributed by atoms with van der Waals surface area (Å²) in [5.41, 5.74) is 2.34. The van der Waals surface area contributed by atoms with E-state index in [0.29, 0.717) is 25.9 Å². The third kappa shape index (κ3) is 3.98. The lowest BCUT2D eigenvalue weighted by atomic mass is 9.97. The number of carbonyl (C=O) groups is 3. The lowest BCUT2D eigenvalue weighted by Gasteiger charge is -2.31. The van der Waals surface area contributed by atoms with Crippen molar-refractivity contribution in [3.8, 4) is 0 Å². The van der Waals surface area contributed by atoms with Crippen LogP contribution in [0.5, 0.6) is 0 Å². The molecule has 1 aromatic rings. The summed E-state index contributed by atoms with van der Waals surface area (Å²) in [6.45, 7) is 2.00. The molecule has 1 saturated heterocycles. The van der Waals surface area contributed by atoms with Crippen molar-refractivity contribution in [3.05, 3.63) is 29.8 Å². The third-order valence-electron chi connectivity index (χ3n) is 5.30. The van der Waals surface area contributed by atoms with Gasteiger partial charge in [-0.05, 0) is 30.9 Å². The summed E-state index contributed by atoms with van der Waals surface area (Å²) in [5.74, 6) is -1.37. The Morgan fingerprint density at radius 2 is 1.85 bits per heavy atom. The first-order valence-corrected chi connectivity index (χ1v) is 9.03. The third-order valence-corrected chi connectivity index (χ3v) is 5.30. The molecular weight excluding hydrogens is 334 g/mol. The molecule has 140 valence electrons. The van der Waals surface area contributed by atoms with Gasteiger partial charge in [0.2, 0.25) is 11.8 Å². The fourth-order valence-electron chi connectivity index (χ4n) is 3.62. The van der Waals surface area contributed by atoms with Crippen molar-refractivity contribution in [3.63, 3.8) is 0 Å². The second kappa shape index (κ2) is 7.76. The first kappa shape index (κ1) is 18.2. The minimum absolute atomic E-state index is 0.0338. The van der Waals surface area contributed by atoms with Crippen LogP contribution in [0.2, 0.25) is 0 Å². The highest BCUT2D eigenvalue weighted by Gasteiger charge is 2.28. The summed E-state index contributed by atoms with van der Waals surface area (Å²) < 4.78 is 0. The number of hydrogen-bond acceptors (Lipinski definition) is 4. The van der Waals surface area contributed by atoms with E-state index in [4.69, 9.17) is 5.11 Å². The van der Waals surface area contributed by atoms with Gasteiger partial charge in [0.1, 0.15) is 0 Å². The Balaban J connectivity index is 1.49. The molecule has 0 saturated carbocycles. The monoisotopic (exact) mass is 359 g/mol. The van der Waals surface area contributed by atoms with Crippen LogP contribution in [0, 0.1) is 5.92 Å². The number of rotatable bonds is 5. The minimum atomic E-state index is -0.796. The summed E-state index contributed by atoms with van der Waals surface area (Å²) in [5, 5.41) is 9.03. The maximum atomic E-state index is 12.5. The van der Waals surface area contributed by atoms with Gasteiger partial charge in [0.15, 0.2) is 0 Å². The molecule has 0 radical (unpaired) electrons. The van der Waals surface area contributed by atoms with E-state index in [-0.39, 0.29) is 30.8 Å². The SMILES string of the molecule is CN(CC(=O)N1CCC(C(=O)O)CC1)C(=O)CN1CCc2ccccc21. The number of aliphatic carboxylic acids is 1. The van der Waals surface area contributed by atoms with Crippen molar-refractivity contribution < 1.29 is 19.5 Å². The van der Waals surface area contributed by atoms with Gasteiger partial charge in [-0.25, -0.2) is 0 Å². The average molecular weight is 359 g/mol. The van der Waals surface area contributed by atoms with Crippen molar-refractivity contribution in [1.29, 1.82) is 0 Å². The van der Waals surface area contributed by atoms with Crippen LogP contribution in [0.4, 0.5) is 5.69 Å². The molecular formula is C19H25N3O4. The van der Waals surface area contributed by atoms with Gasteiger partial charge in [-0.1, -0.05) is 18.2 Å². The molecule has 0 aliphatic carbocycles. The Bertz CT molecular complexity index is 698. The summed E-state index contributed by atoms with van der Waals surface area (Å²) in [6, 6.07) is 8.07. The molecule has 1 fully saturated rings. The number of likely N-dealkylation sites (tertiary alicyclic amines) is 1. The summed E-state index contributed by atoms with van der Waals surface area (Å²) in [4.78, 5) is 41.1. The molecule has 7 heteroatoms. The maximum Gasteiger partial charge on any atom is 0.306 e. The zero-order valence-corrected chi connectivity index (χ0v) is 15.1. The number of carboxylic acid groups (broad SMARTS) is 1. The first-order chi connectivity index (χ1) is 12.5. The van der Waals surface area contributed by atoms with E-state index in [1.54, 1.807) is 11.9 Å². The van der Waals surface area contributed by atoms with Crippen LogP contribution in [0.1, 0.15) is 18.4 Å². The van der Waals surface area contributed by atoms with Crippen LogP contribution < -0.4 is 4.90 Å². The Labute approximate surface area is 153 Å². The highest BCUT2D eigenvalue weighted by Crippen LogP contribution is 2.27. The largest absolute Gasteiger partial charge is 0.481 e. The standard InChI is InChI=1S/C19H25N3O4/c1-20(12-18(24)21-9-7-15(8-10-21)19(25)26)17(23)13-22-11-6-14-4-2-3-5-16(14)22/h2-5,15H,6-13H2,1H3,(H,25,26). The van der Waals surface area contributed by atoms with Crippen LogP contribution in [-0.4, -0.2) is 72.5 Å². The number of nitrogens with zero attached hydrogens (tertiary/aromatic N) is 3. The fourth-order valence-corrected chi connectivity index (χ4v) is 3.62. The molecule has 1 aromatic carbocycles. The topological polar surface area (TPSA) is 81.2 Å². The number of hydrogen-bond donors (Lipinski definition) is 1. The van der Waals surface area contributed by atoms with Gasteiger partial charge in [0.05, 0.1) is 19.0 Å². The second-order valence-electron chi connectivity index (χ2n) is 7.04. The molecule has 0 unspecified atom stereocenters. The Morgan fingerprint density at radius 1 is 1.15 bits per heavy atom.